The zero-order valence-corrected chi connectivity index (χ0v) is 13.0. The summed E-state index contributed by atoms with van der Waals surface area (Å²) in [7, 11) is 0. The summed E-state index contributed by atoms with van der Waals surface area (Å²) in [6.07, 6.45) is 0. The van der Waals surface area contributed by atoms with E-state index in [9.17, 15) is 0 Å². The topological polar surface area (TPSA) is 0 Å². The van der Waals surface area contributed by atoms with Crippen LogP contribution in [-0.4, -0.2) is 0 Å². The summed E-state index contributed by atoms with van der Waals surface area (Å²) in [5, 5.41) is 2.68. The van der Waals surface area contributed by atoms with E-state index in [4.69, 9.17) is 0 Å². The molecule has 0 aliphatic carbocycles. The summed E-state index contributed by atoms with van der Waals surface area (Å²) >= 11 is 0. The van der Waals surface area contributed by atoms with Crippen molar-refractivity contribution in [3.05, 3.63) is 83.9 Å². The minimum absolute atomic E-state index is 0.172. The van der Waals surface area contributed by atoms with Crippen molar-refractivity contribution < 1.29 is 0 Å². The molecule has 0 nitrogen and oxygen atoms in total. The standard InChI is InChI=1S/C21H22/c1-21(2,3)20(17-11-5-4-6-12-17)19-15-9-13-16-10-7-8-14-18(16)19/h4-15,20H,1-3H3. The lowest BCUT2D eigenvalue weighted by Gasteiger charge is -2.32. The molecule has 106 valence electrons. The molecule has 0 N–H and O–H groups in total. The largest absolute Gasteiger partial charge is 0.0622 e. The van der Waals surface area contributed by atoms with Crippen LogP contribution in [0.4, 0.5) is 0 Å². The molecule has 0 radical (unpaired) electrons. The highest BCUT2D eigenvalue weighted by Crippen LogP contribution is 2.42. The molecule has 0 fully saturated rings. The molecule has 21 heavy (non-hydrogen) atoms. The zero-order chi connectivity index (χ0) is 14.9. The lowest BCUT2D eigenvalue weighted by atomic mass is 9.71. The van der Waals surface area contributed by atoms with Gasteiger partial charge in [0.05, 0.1) is 0 Å². The van der Waals surface area contributed by atoms with Crippen LogP contribution in [0.3, 0.4) is 0 Å². The summed E-state index contributed by atoms with van der Waals surface area (Å²) in [6.45, 7) is 6.98. The lowest BCUT2D eigenvalue weighted by Crippen LogP contribution is -2.20. The van der Waals surface area contributed by atoms with E-state index in [0.717, 1.165) is 0 Å². The van der Waals surface area contributed by atoms with Crippen molar-refractivity contribution in [3.63, 3.8) is 0 Å². The molecule has 0 aliphatic heterocycles. The van der Waals surface area contributed by atoms with E-state index >= 15 is 0 Å². The van der Waals surface area contributed by atoms with Gasteiger partial charge in [-0.25, -0.2) is 0 Å². The molecular weight excluding hydrogens is 252 g/mol. The van der Waals surface area contributed by atoms with E-state index < -0.39 is 0 Å². The Labute approximate surface area is 127 Å². The maximum Gasteiger partial charge on any atom is 0.0144 e. The van der Waals surface area contributed by atoms with Crippen molar-refractivity contribution >= 4 is 10.8 Å². The molecule has 1 unspecified atom stereocenters. The van der Waals surface area contributed by atoms with E-state index in [1.165, 1.54) is 21.9 Å². The van der Waals surface area contributed by atoms with E-state index in [2.05, 4.69) is 93.6 Å². The minimum atomic E-state index is 0.172. The Morgan fingerprint density at radius 3 is 2.00 bits per heavy atom. The highest BCUT2D eigenvalue weighted by molar-refractivity contribution is 5.86. The highest BCUT2D eigenvalue weighted by Gasteiger charge is 2.28. The average molecular weight is 274 g/mol. The first-order valence-corrected chi connectivity index (χ1v) is 7.60. The Kier molecular flexibility index (Phi) is 3.55. The van der Waals surface area contributed by atoms with Crippen LogP contribution in [-0.2, 0) is 0 Å². The Morgan fingerprint density at radius 2 is 1.29 bits per heavy atom. The highest BCUT2D eigenvalue weighted by atomic mass is 14.3. The van der Waals surface area contributed by atoms with E-state index in [1.54, 1.807) is 0 Å². The SMILES string of the molecule is CC(C)(C)C(c1ccccc1)c1cccc2ccccc12. The van der Waals surface area contributed by atoms with Gasteiger partial charge in [-0.05, 0) is 27.3 Å². The van der Waals surface area contributed by atoms with Gasteiger partial charge in [0.25, 0.3) is 0 Å². The van der Waals surface area contributed by atoms with Crippen LogP contribution in [0, 0.1) is 5.41 Å². The number of hydrogen-bond acceptors (Lipinski definition) is 0. The molecule has 0 bridgehead atoms. The summed E-state index contributed by atoms with van der Waals surface area (Å²) < 4.78 is 0. The fraction of sp³-hybridized carbons (Fsp3) is 0.238. The molecule has 0 saturated carbocycles. The van der Waals surface area contributed by atoms with Crippen molar-refractivity contribution in [1.82, 2.24) is 0 Å². The molecule has 0 amide bonds. The molecule has 0 spiro atoms. The van der Waals surface area contributed by atoms with E-state index in [0.29, 0.717) is 5.92 Å². The van der Waals surface area contributed by atoms with Crippen LogP contribution in [0.1, 0.15) is 37.8 Å². The van der Waals surface area contributed by atoms with Gasteiger partial charge in [-0.2, -0.15) is 0 Å². The molecule has 0 saturated heterocycles. The maximum atomic E-state index is 2.33. The number of rotatable bonds is 2. The van der Waals surface area contributed by atoms with Crippen molar-refractivity contribution in [1.29, 1.82) is 0 Å². The van der Waals surface area contributed by atoms with Gasteiger partial charge in [-0.1, -0.05) is 93.6 Å². The second kappa shape index (κ2) is 5.37. The Bertz CT molecular complexity index is 727. The van der Waals surface area contributed by atoms with E-state index in [-0.39, 0.29) is 5.41 Å². The first kappa shape index (κ1) is 13.9. The first-order valence-electron chi connectivity index (χ1n) is 7.60. The predicted octanol–water partition coefficient (Wildman–Crippen LogP) is 6.02. The van der Waals surface area contributed by atoms with E-state index in [1.807, 2.05) is 0 Å². The lowest BCUT2D eigenvalue weighted by molar-refractivity contribution is 0.360. The number of benzene rings is 3. The quantitative estimate of drug-likeness (QED) is 0.536. The molecule has 0 aliphatic rings. The van der Waals surface area contributed by atoms with Gasteiger partial charge in [0.15, 0.2) is 0 Å². The Hall–Kier alpha value is -2.08. The molecule has 3 rings (SSSR count). The normalized spacial score (nSPS) is 13.3. The van der Waals surface area contributed by atoms with Crippen LogP contribution >= 0.6 is 0 Å². The Balaban J connectivity index is 2.25. The average Bonchev–Trinajstić information content (AvgIpc) is 2.47. The molecule has 0 aromatic heterocycles. The van der Waals surface area contributed by atoms with Crippen LogP contribution in [0.15, 0.2) is 72.8 Å². The smallest absolute Gasteiger partial charge is 0.0144 e. The molecular formula is C21H22. The molecule has 0 heterocycles. The van der Waals surface area contributed by atoms with Crippen molar-refractivity contribution in [2.24, 2.45) is 5.41 Å². The second-order valence-corrected chi connectivity index (χ2v) is 6.78. The molecule has 1 atom stereocenters. The van der Waals surface area contributed by atoms with Crippen molar-refractivity contribution in [3.8, 4) is 0 Å². The molecule has 3 aromatic rings. The number of fused-ring (bicyclic) bond motifs is 1. The van der Waals surface area contributed by atoms with Gasteiger partial charge in [0.2, 0.25) is 0 Å². The Morgan fingerprint density at radius 1 is 0.667 bits per heavy atom. The van der Waals surface area contributed by atoms with Crippen LogP contribution in [0.2, 0.25) is 0 Å². The summed E-state index contributed by atoms with van der Waals surface area (Å²) in [6, 6.07) is 26.2. The van der Waals surface area contributed by atoms with Gasteiger partial charge in [0.1, 0.15) is 0 Å². The monoisotopic (exact) mass is 274 g/mol. The zero-order valence-electron chi connectivity index (χ0n) is 13.0. The summed E-state index contributed by atoms with van der Waals surface area (Å²) in [4.78, 5) is 0. The van der Waals surface area contributed by atoms with Gasteiger partial charge < -0.3 is 0 Å². The first-order chi connectivity index (χ1) is 10.1. The fourth-order valence-electron chi connectivity index (χ4n) is 3.29. The number of hydrogen-bond donors (Lipinski definition) is 0. The van der Waals surface area contributed by atoms with Gasteiger partial charge in [-0.3, -0.25) is 0 Å². The van der Waals surface area contributed by atoms with Crippen LogP contribution < -0.4 is 0 Å². The van der Waals surface area contributed by atoms with Gasteiger partial charge in [-0.15, -0.1) is 0 Å². The second-order valence-electron chi connectivity index (χ2n) is 6.78. The third-order valence-electron chi connectivity index (χ3n) is 4.13. The van der Waals surface area contributed by atoms with Gasteiger partial charge in [0, 0.05) is 5.92 Å². The van der Waals surface area contributed by atoms with Gasteiger partial charge >= 0.3 is 0 Å². The fourth-order valence-corrected chi connectivity index (χ4v) is 3.29. The van der Waals surface area contributed by atoms with Crippen LogP contribution in [0.25, 0.3) is 10.8 Å². The predicted molar refractivity (Wildman–Crippen MR) is 91.7 cm³/mol. The molecule has 0 heteroatoms. The summed E-state index contributed by atoms with van der Waals surface area (Å²) in [5.41, 5.74) is 2.99. The maximum absolute atomic E-state index is 2.33. The summed E-state index contributed by atoms with van der Waals surface area (Å²) in [5.74, 6) is 0.393. The third kappa shape index (κ3) is 2.71. The minimum Gasteiger partial charge on any atom is -0.0622 e. The molecule has 3 aromatic carbocycles. The van der Waals surface area contributed by atoms with Crippen LogP contribution in [0.5, 0.6) is 0 Å². The van der Waals surface area contributed by atoms with Crippen molar-refractivity contribution in [2.75, 3.05) is 0 Å². The third-order valence-corrected chi connectivity index (χ3v) is 4.13. The van der Waals surface area contributed by atoms with Crippen molar-refractivity contribution in [2.45, 2.75) is 26.7 Å².